The average molecular weight is 381 g/mol. The van der Waals surface area contributed by atoms with Crippen LogP contribution in [0.25, 0.3) is 0 Å². The van der Waals surface area contributed by atoms with Crippen LogP contribution in [0.4, 0.5) is 5.69 Å². The smallest absolute Gasteiger partial charge is 0.251 e. The molecule has 0 aliphatic carbocycles. The highest BCUT2D eigenvalue weighted by Gasteiger charge is 2.18. The molecule has 0 fully saturated rings. The van der Waals surface area contributed by atoms with Gasteiger partial charge in [0.2, 0.25) is 5.91 Å². The van der Waals surface area contributed by atoms with Crippen LogP contribution in [-0.2, 0) is 4.79 Å². The summed E-state index contributed by atoms with van der Waals surface area (Å²) in [6, 6.07) is 15.6. The normalized spacial score (nSPS) is 10.8. The molecular weight excluding hydrogens is 354 g/mol. The highest BCUT2D eigenvalue weighted by molar-refractivity contribution is 5.97. The maximum atomic E-state index is 12.2. The number of benzene rings is 2. The summed E-state index contributed by atoms with van der Waals surface area (Å²) >= 11 is 0. The van der Waals surface area contributed by atoms with Crippen LogP contribution in [-0.4, -0.2) is 29.8 Å². The van der Waals surface area contributed by atoms with Gasteiger partial charge in [-0.2, -0.15) is 0 Å². The highest BCUT2D eigenvalue weighted by atomic mass is 16.2. The van der Waals surface area contributed by atoms with Gasteiger partial charge >= 0.3 is 0 Å². The van der Waals surface area contributed by atoms with E-state index in [0.717, 1.165) is 6.42 Å². The van der Waals surface area contributed by atoms with E-state index in [1.165, 1.54) is 0 Å². The molecular formula is C22H27N3O3. The molecule has 0 heterocycles. The van der Waals surface area contributed by atoms with Crippen molar-refractivity contribution in [2.45, 2.75) is 39.2 Å². The van der Waals surface area contributed by atoms with E-state index >= 15 is 0 Å². The number of rotatable bonds is 8. The molecule has 0 aliphatic heterocycles. The highest BCUT2D eigenvalue weighted by Crippen LogP contribution is 2.13. The van der Waals surface area contributed by atoms with Gasteiger partial charge in [-0.15, -0.1) is 0 Å². The second kappa shape index (κ2) is 9.69. The topological polar surface area (TPSA) is 87.3 Å². The van der Waals surface area contributed by atoms with Gasteiger partial charge in [-0.05, 0) is 56.7 Å². The molecule has 3 N–H and O–H groups in total. The van der Waals surface area contributed by atoms with E-state index in [0.29, 0.717) is 16.8 Å². The zero-order valence-corrected chi connectivity index (χ0v) is 16.5. The van der Waals surface area contributed by atoms with Crippen molar-refractivity contribution in [3.8, 4) is 0 Å². The molecule has 2 rings (SSSR count). The minimum Gasteiger partial charge on any atom is -0.352 e. The van der Waals surface area contributed by atoms with Gasteiger partial charge in [-0.3, -0.25) is 14.4 Å². The first-order chi connectivity index (χ1) is 13.3. The summed E-state index contributed by atoms with van der Waals surface area (Å²) in [5.74, 6) is -0.565. The predicted molar refractivity (Wildman–Crippen MR) is 110 cm³/mol. The number of hydrogen-bond donors (Lipinski definition) is 3. The number of amides is 3. The first kappa shape index (κ1) is 21.2. The van der Waals surface area contributed by atoms with E-state index < -0.39 is 0 Å². The van der Waals surface area contributed by atoms with E-state index in [9.17, 15) is 14.4 Å². The van der Waals surface area contributed by atoms with Crippen LogP contribution < -0.4 is 16.0 Å². The molecule has 2 aromatic rings. The SMILES string of the molecule is CCC(C)(C)NC(=O)c1ccc(NC(=O)CCNC(=O)c2ccccc2)cc1. The molecule has 6 heteroatoms. The van der Waals surface area contributed by atoms with Crippen molar-refractivity contribution >= 4 is 23.4 Å². The maximum absolute atomic E-state index is 12.2. The average Bonchev–Trinajstić information content (AvgIpc) is 2.68. The number of nitrogens with one attached hydrogen (secondary N) is 3. The van der Waals surface area contributed by atoms with Crippen molar-refractivity contribution in [1.29, 1.82) is 0 Å². The lowest BCUT2D eigenvalue weighted by Crippen LogP contribution is -2.42. The fraction of sp³-hybridized carbons (Fsp3) is 0.318. The molecule has 3 amide bonds. The summed E-state index contributed by atoms with van der Waals surface area (Å²) in [7, 11) is 0. The summed E-state index contributed by atoms with van der Waals surface area (Å²) in [6.45, 7) is 6.19. The monoisotopic (exact) mass is 381 g/mol. The maximum Gasteiger partial charge on any atom is 0.251 e. The van der Waals surface area contributed by atoms with E-state index in [2.05, 4.69) is 16.0 Å². The van der Waals surface area contributed by atoms with Crippen LogP contribution in [0.5, 0.6) is 0 Å². The first-order valence-corrected chi connectivity index (χ1v) is 9.36. The molecule has 0 atom stereocenters. The van der Waals surface area contributed by atoms with E-state index in [1.54, 1.807) is 48.5 Å². The fourth-order valence-corrected chi connectivity index (χ4v) is 2.38. The fourth-order valence-electron chi connectivity index (χ4n) is 2.38. The summed E-state index contributed by atoms with van der Waals surface area (Å²) in [6.07, 6.45) is 0.985. The molecule has 0 bridgehead atoms. The van der Waals surface area contributed by atoms with Crippen LogP contribution in [0.3, 0.4) is 0 Å². The van der Waals surface area contributed by atoms with Gasteiger partial charge in [0.1, 0.15) is 0 Å². The van der Waals surface area contributed by atoms with Crippen LogP contribution in [0.1, 0.15) is 54.3 Å². The third kappa shape index (κ3) is 6.54. The lowest BCUT2D eigenvalue weighted by atomic mass is 10.0. The Balaban J connectivity index is 1.79. The molecule has 0 saturated heterocycles. The lowest BCUT2D eigenvalue weighted by Gasteiger charge is -2.24. The van der Waals surface area contributed by atoms with Gasteiger partial charge < -0.3 is 16.0 Å². The van der Waals surface area contributed by atoms with Crippen LogP contribution >= 0.6 is 0 Å². The second-order valence-corrected chi connectivity index (χ2v) is 7.19. The quantitative estimate of drug-likeness (QED) is 0.655. The molecule has 0 radical (unpaired) electrons. The van der Waals surface area contributed by atoms with Crippen molar-refractivity contribution in [3.63, 3.8) is 0 Å². The first-order valence-electron chi connectivity index (χ1n) is 9.36. The molecule has 28 heavy (non-hydrogen) atoms. The lowest BCUT2D eigenvalue weighted by molar-refractivity contribution is -0.116. The van der Waals surface area contributed by atoms with Crippen molar-refractivity contribution in [2.75, 3.05) is 11.9 Å². The van der Waals surface area contributed by atoms with Gasteiger partial charge in [-0.25, -0.2) is 0 Å². The Bertz CT molecular complexity index is 815. The van der Waals surface area contributed by atoms with Crippen molar-refractivity contribution in [3.05, 3.63) is 65.7 Å². The Kier molecular flexibility index (Phi) is 7.32. The van der Waals surface area contributed by atoms with Gasteiger partial charge in [0.15, 0.2) is 0 Å². The third-order valence-corrected chi connectivity index (χ3v) is 4.44. The molecule has 0 aliphatic rings. The van der Waals surface area contributed by atoms with Crippen LogP contribution in [0.15, 0.2) is 54.6 Å². The Morgan fingerprint density at radius 2 is 1.46 bits per heavy atom. The zero-order chi connectivity index (χ0) is 20.6. The largest absolute Gasteiger partial charge is 0.352 e. The molecule has 6 nitrogen and oxygen atoms in total. The van der Waals surface area contributed by atoms with Gasteiger partial charge in [0.05, 0.1) is 0 Å². The molecule has 0 unspecified atom stereocenters. The summed E-state index contributed by atoms with van der Waals surface area (Å²) < 4.78 is 0. The third-order valence-electron chi connectivity index (χ3n) is 4.44. The van der Waals surface area contributed by atoms with Crippen molar-refractivity contribution in [2.24, 2.45) is 0 Å². The number of carbonyl (C=O) groups excluding carboxylic acids is 3. The molecule has 148 valence electrons. The van der Waals surface area contributed by atoms with E-state index in [-0.39, 0.29) is 36.2 Å². The Morgan fingerprint density at radius 1 is 0.857 bits per heavy atom. The van der Waals surface area contributed by atoms with E-state index in [1.807, 2.05) is 26.8 Å². The minimum absolute atomic E-state index is 0.145. The Labute approximate surface area is 165 Å². The van der Waals surface area contributed by atoms with E-state index in [4.69, 9.17) is 0 Å². The van der Waals surface area contributed by atoms with Gasteiger partial charge in [0.25, 0.3) is 11.8 Å². The summed E-state index contributed by atoms with van der Waals surface area (Å²) in [5, 5.41) is 8.44. The van der Waals surface area contributed by atoms with Crippen LogP contribution in [0.2, 0.25) is 0 Å². The number of hydrogen-bond acceptors (Lipinski definition) is 3. The Hall–Kier alpha value is -3.15. The number of carbonyl (C=O) groups is 3. The zero-order valence-electron chi connectivity index (χ0n) is 16.5. The van der Waals surface area contributed by atoms with Crippen LogP contribution in [0, 0.1) is 0 Å². The Morgan fingerprint density at radius 3 is 2.07 bits per heavy atom. The molecule has 0 aromatic heterocycles. The summed E-state index contributed by atoms with van der Waals surface area (Å²) in [5.41, 5.74) is 1.43. The van der Waals surface area contributed by atoms with Crippen molar-refractivity contribution in [1.82, 2.24) is 10.6 Å². The molecule has 2 aromatic carbocycles. The van der Waals surface area contributed by atoms with Gasteiger partial charge in [0, 0.05) is 35.3 Å². The number of anilines is 1. The minimum atomic E-state index is -0.270. The second-order valence-electron chi connectivity index (χ2n) is 7.19. The molecule has 0 saturated carbocycles. The van der Waals surface area contributed by atoms with Gasteiger partial charge in [-0.1, -0.05) is 25.1 Å². The summed E-state index contributed by atoms with van der Waals surface area (Å²) in [4.78, 5) is 36.2. The van der Waals surface area contributed by atoms with Crippen molar-refractivity contribution < 1.29 is 14.4 Å². The predicted octanol–water partition coefficient (Wildman–Crippen LogP) is 3.36. The molecule has 0 spiro atoms. The standard InChI is InChI=1S/C22H27N3O3/c1-4-22(2,3)25-21(28)17-10-12-18(13-11-17)24-19(26)14-15-23-20(27)16-8-6-5-7-9-16/h5-13H,4,14-15H2,1-3H3,(H,23,27)(H,24,26)(H,25,28).